The van der Waals surface area contributed by atoms with E-state index < -0.39 is 0 Å². The van der Waals surface area contributed by atoms with Crippen LogP contribution in [0.5, 0.6) is 0 Å². The number of rotatable bonds is 17. The van der Waals surface area contributed by atoms with Crippen LogP contribution in [0.3, 0.4) is 0 Å². The standard InChI is InChI=1S/C12H22O2.C11H20O2/c1-3-5-6-7-8-9-10-12(13)14-11-4-2;1-3-5-6-7-8-9-11(12)13-10-4-2/h4H,2-3,5-11H2,1H3;4H,2-3,5-10H2,1H3. The van der Waals surface area contributed by atoms with Crippen LogP contribution in [-0.4, -0.2) is 25.2 Å². The minimum atomic E-state index is -0.101. The van der Waals surface area contributed by atoms with Gasteiger partial charge in [0, 0.05) is 12.8 Å². The minimum absolute atomic E-state index is 0.0969. The number of hydrogen-bond acceptors (Lipinski definition) is 4. The van der Waals surface area contributed by atoms with Gasteiger partial charge < -0.3 is 9.47 Å². The fourth-order valence-corrected chi connectivity index (χ4v) is 2.37. The highest BCUT2D eigenvalue weighted by molar-refractivity contribution is 5.69. The summed E-state index contributed by atoms with van der Waals surface area (Å²) in [5, 5.41) is 0. The number of esters is 2. The topological polar surface area (TPSA) is 52.6 Å². The Labute approximate surface area is 167 Å². The summed E-state index contributed by atoms with van der Waals surface area (Å²) in [7, 11) is 0. The van der Waals surface area contributed by atoms with Gasteiger partial charge in [-0.2, -0.15) is 0 Å². The highest BCUT2D eigenvalue weighted by atomic mass is 16.5. The van der Waals surface area contributed by atoms with Crippen molar-refractivity contribution in [2.45, 2.75) is 97.3 Å². The molecule has 0 atom stereocenters. The molecule has 4 nitrogen and oxygen atoms in total. The van der Waals surface area contributed by atoms with Gasteiger partial charge in [-0.15, -0.1) is 0 Å². The van der Waals surface area contributed by atoms with Gasteiger partial charge in [-0.1, -0.05) is 96.9 Å². The second-order valence-corrected chi connectivity index (χ2v) is 6.63. The molecule has 0 saturated heterocycles. The third kappa shape index (κ3) is 26.8. The largest absolute Gasteiger partial charge is 0.461 e. The molecule has 0 saturated carbocycles. The molecule has 0 heterocycles. The maximum Gasteiger partial charge on any atom is 0.306 e. The Kier molecular flexibility index (Phi) is 25.0. The van der Waals surface area contributed by atoms with Gasteiger partial charge in [-0.3, -0.25) is 9.59 Å². The smallest absolute Gasteiger partial charge is 0.306 e. The molecule has 158 valence electrons. The fourth-order valence-electron chi connectivity index (χ4n) is 2.37. The molecule has 0 N–H and O–H groups in total. The number of carbonyl (C=O) groups is 2. The Morgan fingerprint density at radius 2 is 0.963 bits per heavy atom. The van der Waals surface area contributed by atoms with E-state index in [9.17, 15) is 9.59 Å². The van der Waals surface area contributed by atoms with Crippen LogP contribution in [0.1, 0.15) is 97.3 Å². The number of carbonyl (C=O) groups excluding carboxylic acids is 2. The van der Waals surface area contributed by atoms with E-state index in [4.69, 9.17) is 9.47 Å². The second kappa shape index (κ2) is 24.4. The zero-order valence-corrected chi connectivity index (χ0v) is 17.8. The summed E-state index contributed by atoms with van der Waals surface area (Å²) in [5.74, 6) is -0.197. The van der Waals surface area contributed by atoms with Gasteiger partial charge >= 0.3 is 11.9 Å². The number of ether oxygens (including phenoxy) is 2. The summed E-state index contributed by atoms with van der Waals surface area (Å²) in [5.41, 5.74) is 0. The lowest BCUT2D eigenvalue weighted by Crippen LogP contribution is -2.03. The first-order valence-corrected chi connectivity index (χ1v) is 10.6. The molecule has 0 aliphatic rings. The van der Waals surface area contributed by atoms with Crippen molar-refractivity contribution >= 4 is 11.9 Å². The van der Waals surface area contributed by atoms with Crippen LogP contribution in [0.15, 0.2) is 25.3 Å². The molecule has 0 amide bonds. The number of unbranched alkanes of at least 4 members (excludes halogenated alkanes) is 9. The lowest BCUT2D eigenvalue weighted by atomic mass is 10.1. The van der Waals surface area contributed by atoms with E-state index in [-0.39, 0.29) is 11.9 Å². The van der Waals surface area contributed by atoms with E-state index in [0.717, 1.165) is 25.7 Å². The predicted molar refractivity (Wildman–Crippen MR) is 114 cm³/mol. The molecule has 0 aliphatic carbocycles. The third-order valence-electron chi connectivity index (χ3n) is 3.94. The van der Waals surface area contributed by atoms with Crippen molar-refractivity contribution in [1.29, 1.82) is 0 Å². The van der Waals surface area contributed by atoms with E-state index in [2.05, 4.69) is 27.0 Å². The van der Waals surface area contributed by atoms with E-state index in [1.807, 2.05) is 0 Å². The molecular formula is C23H42O4. The van der Waals surface area contributed by atoms with Crippen molar-refractivity contribution in [3.05, 3.63) is 25.3 Å². The van der Waals surface area contributed by atoms with Gasteiger partial charge in [0.15, 0.2) is 0 Å². The Bertz CT molecular complexity index is 363. The molecule has 0 aliphatic heterocycles. The molecule has 0 unspecified atom stereocenters. The summed E-state index contributed by atoms with van der Waals surface area (Å²) < 4.78 is 9.70. The van der Waals surface area contributed by atoms with Crippen molar-refractivity contribution in [2.75, 3.05) is 13.2 Å². The quantitative estimate of drug-likeness (QED) is 0.163. The summed E-state index contributed by atoms with van der Waals surface area (Å²) in [6.45, 7) is 12.0. The van der Waals surface area contributed by atoms with Crippen LogP contribution < -0.4 is 0 Å². The zero-order chi connectivity index (χ0) is 20.6. The first-order chi connectivity index (χ1) is 13.1. The van der Waals surface area contributed by atoms with Crippen LogP contribution in [0.25, 0.3) is 0 Å². The maximum absolute atomic E-state index is 11.0. The predicted octanol–water partition coefficient (Wildman–Crippen LogP) is 6.54. The Morgan fingerprint density at radius 1 is 0.630 bits per heavy atom. The first kappa shape index (κ1) is 27.6. The van der Waals surface area contributed by atoms with Crippen molar-refractivity contribution in [3.63, 3.8) is 0 Å². The van der Waals surface area contributed by atoms with Gasteiger partial charge in [0.25, 0.3) is 0 Å². The van der Waals surface area contributed by atoms with Gasteiger partial charge in [0.1, 0.15) is 13.2 Å². The normalized spacial score (nSPS) is 9.70. The molecular weight excluding hydrogens is 340 g/mol. The molecule has 0 spiro atoms. The SMILES string of the molecule is C=CCOC(=O)CCCCCCC.C=CCOC(=O)CCCCCCCC. The molecule has 27 heavy (non-hydrogen) atoms. The number of hydrogen-bond donors (Lipinski definition) is 0. The molecule has 0 bridgehead atoms. The Hall–Kier alpha value is -1.58. The molecule has 4 heteroatoms. The average Bonchev–Trinajstić information content (AvgIpc) is 2.67. The third-order valence-corrected chi connectivity index (χ3v) is 3.94. The highest BCUT2D eigenvalue weighted by Crippen LogP contribution is 2.07. The van der Waals surface area contributed by atoms with Gasteiger partial charge in [-0.05, 0) is 12.8 Å². The van der Waals surface area contributed by atoms with Crippen LogP contribution >= 0.6 is 0 Å². The lowest BCUT2D eigenvalue weighted by Gasteiger charge is -2.01. The summed E-state index contributed by atoms with van der Waals surface area (Å²) >= 11 is 0. The van der Waals surface area contributed by atoms with Crippen molar-refractivity contribution in [1.82, 2.24) is 0 Å². The summed E-state index contributed by atoms with van der Waals surface area (Å²) in [4.78, 5) is 22.0. The molecule has 0 radical (unpaired) electrons. The average molecular weight is 383 g/mol. The zero-order valence-electron chi connectivity index (χ0n) is 17.8. The Morgan fingerprint density at radius 3 is 1.30 bits per heavy atom. The van der Waals surface area contributed by atoms with E-state index in [0.29, 0.717) is 26.1 Å². The van der Waals surface area contributed by atoms with E-state index >= 15 is 0 Å². The fraction of sp³-hybridized carbons (Fsp3) is 0.739. The maximum atomic E-state index is 11.0. The molecule has 0 aromatic heterocycles. The molecule has 0 aromatic carbocycles. The van der Waals surface area contributed by atoms with Crippen molar-refractivity contribution < 1.29 is 19.1 Å². The van der Waals surface area contributed by atoms with Gasteiger partial charge in [0.2, 0.25) is 0 Å². The van der Waals surface area contributed by atoms with Crippen LogP contribution in [0.4, 0.5) is 0 Å². The lowest BCUT2D eigenvalue weighted by molar-refractivity contribution is -0.143. The monoisotopic (exact) mass is 382 g/mol. The first-order valence-electron chi connectivity index (χ1n) is 10.6. The van der Waals surface area contributed by atoms with Crippen LogP contribution in [-0.2, 0) is 19.1 Å². The minimum Gasteiger partial charge on any atom is -0.461 e. The van der Waals surface area contributed by atoms with E-state index in [1.54, 1.807) is 12.2 Å². The summed E-state index contributed by atoms with van der Waals surface area (Å²) in [6, 6.07) is 0. The molecule has 0 aromatic rings. The summed E-state index contributed by atoms with van der Waals surface area (Å²) in [6.07, 6.45) is 17.3. The van der Waals surface area contributed by atoms with Gasteiger partial charge in [0.05, 0.1) is 0 Å². The molecule has 0 fully saturated rings. The van der Waals surface area contributed by atoms with Crippen molar-refractivity contribution in [2.24, 2.45) is 0 Å². The van der Waals surface area contributed by atoms with Crippen LogP contribution in [0.2, 0.25) is 0 Å². The Balaban J connectivity index is 0. The van der Waals surface area contributed by atoms with Crippen molar-refractivity contribution in [3.8, 4) is 0 Å². The van der Waals surface area contributed by atoms with Gasteiger partial charge in [-0.25, -0.2) is 0 Å². The van der Waals surface area contributed by atoms with Crippen LogP contribution in [0, 0.1) is 0 Å². The highest BCUT2D eigenvalue weighted by Gasteiger charge is 2.01. The van der Waals surface area contributed by atoms with E-state index in [1.165, 1.54) is 44.9 Å². The second-order valence-electron chi connectivity index (χ2n) is 6.63. The molecule has 0 rings (SSSR count).